The second-order valence-corrected chi connectivity index (χ2v) is 9.79. The van der Waals surface area contributed by atoms with Crippen LogP contribution in [0.4, 0.5) is 17.2 Å². The average molecular weight is 502 g/mol. The fourth-order valence-corrected chi connectivity index (χ4v) is 5.27. The number of hydrogen-bond donors (Lipinski definition) is 2. The monoisotopic (exact) mass is 501 g/mol. The van der Waals surface area contributed by atoms with Gasteiger partial charge in [-0.3, -0.25) is 14.4 Å². The van der Waals surface area contributed by atoms with Gasteiger partial charge < -0.3 is 25.4 Å². The van der Waals surface area contributed by atoms with Crippen molar-refractivity contribution in [3.8, 4) is 11.3 Å². The molecule has 5 rings (SSSR count). The number of rotatable bonds is 5. The van der Waals surface area contributed by atoms with Gasteiger partial charge in [0.25, 0.3) is 5.91 Å². The smallest absolute Gasteiger partial charge is 0.250 e. The van der Waals surface area contributed by atoms with E-state index >= 15 is 0 Å². The summed E-state index contributed by atoms with van der Waals surface area (Å²) < 4.78 is 1.90. The molecule has 2 saturated heterocycles. The number of amides is 3. The predicted molar refractivity (Wildman–Crippen MR) is 143 cm³/mol. The second-order valence-electron chi connectivity index (χ2n) is 9.79. The van der Waals surface area contributed by atoms with Crippen LogP contribution < -0.4 is 16.0 Å². The van der Waals surface area contributed by atoms with Gasteiger partial charge in [-0.2, -0.15) is 0 Å². The van der Waals surface area contributed by atoms with E-state index in [1.165, 1.54) is 6.33 Å². The zero-order chi connectivity index (χ0) is 26.3. The zero-order valence-electron chi connectivity index (χ0n) is 21.2. The molecular weight excluding hydrogens is 470 g/mol. The summed E-state index contributed by atoms with van der Waals surface area (Å²) in [7, 11) is 1.87. The Morgan fingerprint density at radius 1 is 1.11 bits per heavy atom. The van der Waals surface area contributed by atoms with Crippen molar-refractivity contribution in [2.45, 2.75) is 32.6 Å². The van der Waals surface area contributed by atoms with Crippen LogP contribution >= 0.6 is 0 Å². The number of carbonyl (C=O) groups is 3. The number of benzene rings is 1. The van der Waals surface area contributed by atoms with Gasteiger partial charge in [-0.05, 0) is 38.3 Å². The summed E-state index contributed by atoms with van der Waals surface area (Å²) in [6, 6.07) is 7.36. The summed E-state index contributed by atoms with van der Waals surface area (Å²) in [5.41, 5.74) is 10.2. The van der Waals surface area contributed by atoms with Crippen molar-refractivity contribution in [3.05, 3.63) is 42.7 Å². The van der Waals surface area contributed by atoms with Gasteiger partial charge >= 0.3 is 0 Å². The van der Waals surface area contributed by atoms with Gasteiger partial charge in [0.15, 0.2) is 0 Å². The molecule has 2 aliphatic rings. The van der Waals surface area contributed by atoms with Crippen molar-refractivity contribution in [2.75, 3.05) is 35.6 Å². The molecule has 3 amide bonds. The van der Waals surface area contributed by atoms with Gasteiger partial charge in [-0.15, -0.1) is 0 Å². The van der Waals surface area contributed by atoms with E-state index in [9.17, 15) is 14.4 Å². The van der Waals surface area contributed by atoms with E-state index < -0.39 is 0 Å². The molecule has 37 heavy (non-hydrogen) atoms. The maximum Gasteiger partial charge on any atom is 0.250 e. The number of anilines is 3. The van der Waals surface area contributed by atoms with Crippen LogP contribution in [0.3, 0.4) is 0 Å². The number of nitrogens with one attached hydrogen (secondary N) is 1. The van der Waals surface area contributed by atoms with E-state index in [0.29, 0.717) is 40.9 Å². The van der Waals surface area contributed by atoms with Crippen LogP contribution in [0.5, 0.6) is 0 Å². The van der Waals surface area contributed by atoms with Crippen LogP contribution in [0.25, 0.3) is 22.3 Å². The van der Waals surface area contributed by atoms with E-state index in [0.717, 1.165) is 37.2 Å². The third-order valence-corrected chi connectivity index (χ3v) is 7.23. The largest absolute Gasteiger partial charge is 0.383 e. The Morgan fingerprint density at radius 3 is 2.46 bits per heavy atom. The molecule has 0 bridgehead atoms. The second kappa shape index (κ2) is 9.68. The highest BCUT2D eigenvalue weighted by Crippen LogP contribution is 2.43. The minimum Gasteiger partial charge on any atom is -0.383 e. The van der Waals surface area contributed by atoms with E-state index in [2.05, 4.69) is 21.9 Å². The summed E-state index contributed by atoms with van der Waals surface area (Å²) >= 11 is 0. The number of hydrogen-bond acceptors (Lipinski definition) is 6. The first-order valence-corrected chi connectivity index (χ1v) is 12.5. The Morgan fingerprint density at radius 2 is 1.81 bits per heavy atom. The Bertz CT molecular complexity index is 1400. The van der Waals surface area contributed by atoms with Crippen molar-refractivity contribution >= 4 is 45.9 Å². The van der Waals surface area contributed by atoms with Gasteiger partial charge in [0.05, 0.1) is 16.8 Å². The zero-order valence-corrected chi connectivity index (χ0v) is 21.2. The maximum atomic E-state index is 13.5. The highest BCUT2D eigenvalue weighted by molar-refractivity contribution is 6.13. The molecule has 10 nitrogen and oxygen atoms in total. The van der Waals surface area contributed by atoms with Crippen molar-refractivity contribution in [2.24, 2.45) is 13.0 Å². The molecule has 0 radical (unpaired) electrons. The summed E-state index contributed by atoms with van der Waals surface area (Å²) in [5.74, 6) is -0.302. The highest BCUT2D eigenvalue weighted by atomic mass is 16.2. The maximum absolute atomic E-state index is 13.5. The summed E-state index contributed by atoms with van der Waals surface area (Å²) in [5, 5.41) is 3.41. The molecule has 10 heteroatoms. The van der Waals surface area contributed by atoms with Gasteiger partial charge in [-0.1, -0.05) is 18.7 Å². The van der Waals surface area contributed by atoms with Crippen molar-refractivity contribution in [3.63, 3.8) is 0 Å². The van der Waals surface area contributed by atoms with E-state index in [1.54, 1.807) is 24.0 Å². The lowest BCUT2D eigenvalue weighted by Gasteiger charge is -2.33. The topological polar surface area (TPSA) is 126 Å². The SMILES string of the molecule is C=C(C)C(=O)Nc1ccc(-c2c(N3CCC(C(=O)N4CCCC4)CC3=O)c3c(N)ncnc3n2C)cc1. The number of aromatic nitrogens is 3. The van der Waals surface area contributed by atoms with Crippen molar-refractivity contribution < 1.29 is 14.4 Å². The Kier molecular flexibility index (Phi) is 6.41. The third-order valence-electron chi connectivity index (χ3n) is 7.23. The molecule has 3 N–H and O–H groups in total. The molecule has 1 atom stereocenters. The number of likely N-dealkylation sites (tertiary alicyclic amines) is 1. The first-order valence-electron chi connectivity index (χ1n) is 12.5. The molecule has 2 aliphatic heterocycles. The minimum atomic E-state index is -0.301. The molecule has 0 saturated carbocycles. The lowest BCUT2D eigenvalue weighted by molar-refractivity contribution is -0.138. The number of aryl methyl sites for hydroxylation is 1. The fourth-order valence-electron chi connectivity index (χ4n) is 5.27. The summed E-state index contributed by atoms with van der Waals surface area (Å²) in [6.45, 7) is 7.27. The fraction of sp³-hybridized carbons (Fsp3) is 0.370. The van der Waals surface area contributed by atoms with Gasteiger partial charge in [0, 0.05) is 55.8 Å². The standard InChI is InChI=1S/C27H31N7O3/c1-16(2)26(36)31-19-8-6-17(7-9-19)22-23(21-24(28)29-15-30-25(21)32(22)3)34-13-10-18(14-20(34)35)27(37)33-11-4-5-12-33/h6-9,15,18H,1,4-5,10-14H2,2-3H3,(H,31,36)(H2,28,29,30). The number of carbonyl (C=O) groups excluding carboxylic acids is 3. The van der Waals surface area contributed by atoms with Crippen LogP contribution in [-0.2, 0) is 21.4 Å². The van der Waals surface area contributed by atoms with Crippen LogP contribution in [0.1, 0.15) is 32.6 Å². The van der Waals surface area contributed by atoms with Gasteiger partial charge in [0.2, 0.25) is 11.8 Å². The van der Waals surface area contributed by atoms with E-state index in [-0.39, 0.29) is 35.9 Å². The number of nitrogens with zero attached hydrogens (tertiary/aromatic N) is 5. The van der Waals surface area contributed by atoms with Crippen LogP contribution in [0, 0.1) is 5.92 Å². The molecule has 1 aromatic carbocycles. The molecule has 4 heterocycles. The highest BCUT2D eigenvalue weighted by Gasteiger charge is 2.37. The van der Waals surface area contributed by atoms with Crippen molar-refractivity contribution in [1.82, 2.24) is 19.4 Å². The van der Waals surface area contributed by atoms with Crippen LogP contribution in [0.15, 0.2) is 42.7 Å². The first kappa shape index (κ1) is 24.5. The van der Waals surface area contributed by atoms with E-state index in [1.807, 2.05) is 28.6 Å². The molecule has 0 spiro atoms. The molecule has 2 aromatic heterocycles. The Hall–Kier alpha value is -4.21. The number of fused-ring (bicyclic) bond motifs is 1. The average Bonchev–Trinajstić information content (AvgIpc) is 3.52. The molecule has 192 valence electrons. The number of nitrogen functional groups attached to an aromatic ring is 1. The molecule has 3 aromatic rings. The van der Waals surface area contributed by atoms with Gasteiger partial charge in [-0.25, -0.2) is 9.97 Å². The number of piperidine rings is 1. The van der Waals surface area contributed by atoms with Crippen LogP contribution in [-0.4, -0.2) is 56.8 Å². The first-order chi connectivity index (χ1) is 17.8. The van der Waals surface area contributed by atoms with Gasteiger partial charge in [0.1, 0.15) is 17.8 Å². The lowest BCUT2D eigenvalue weighted by Crippen LogP contribution is -2.44. The van der Waals surface area contributed by atoms with Crippen molar-refractivity contribution in [1.29, 1.82) is 0 Å². The molecule has 2 fully saturated rings. The third kappa shape index (κ3) is 4.43. The Labute approximate surface area is 215 Å². The van der Waals surface area contributed by atoms with E-state index in [4.69, 9.17) is 5.73 Å². The molecule has 0 aliphatic carbocycles. The minimum absolute atomic E-state index is 0.0823. The summed E-state index contributed by atoms with van der Waals surface area (Å²) in [4.78, 5) is 50.8. The molecule has 1 unspecified atom stereocenters. The molecular formula is C27H31N7O3. The number of nitrogens with two attached hydrogens (primary N) is 1. The summed E-state index contributed by atoms with van der Waals surface area (Å²) in [6.07, 6.45) is 4.19. The Balaban J connectivity index is 1.51. The predicted octanol–water partition coefficient (Wildman–Crippen LogP) is 3.10. The normalized spacial score (nSPS) is 17.9. The lowest BCUT2D eigenvalue weighted by atomic mass is 9.93. The quantitative estimate of drug-likeness (QED) is 0.518. The van der Waals surface area contributed by atoms with Crippen LogP contribution in [0.2, 0.25) is 0 Å².